The number of aromatic nitrogens is 2. The van der Waals surface area contributed by atoms with E-state index < -0.39 is 9.84 Å². The molecule has 1 fully saturated rings. The highest BCUT2D eigenvalue weighted by Crippen LogP contribution is 2.25. The van der Waals surface area contributed by atoms with Gasteiger partial charge in [0.2, 0.25) is 5.89 Å². The normalized spacial score (nSPS) is 14.8. The van der Waals surface area contributed by atoms with Crippen molar-refractivity contribution in [2.24, 2.45) is 0 Å². The summed E-state index contributed by atoms with van der Waals surface area (Å²) in [6, 6.07) is 14.6. The molecular formula is C21H23N3O4S. The van der Waals surface area contributed by atoms with E-state index in [4.69, 9.17) is 9.15 Å². The van der Waals surface area contributed by atoms with E-state index in [1.807, 2.05) is 24.3 Å². The van der Waals surface area contributed by atoms with Gasteiger partial charge in [0, 0.05) is 18.4 Å². The van der Waals surface area contributed by atoms with Gasteiger partial charge in [0.25, 0.3) is 0 Å². The molecule has 0 bridgehead atoms. The van der Waals surface area contributed by atoms with Gasteiger partial charge in [-0.3, -0.25) is 0 Å². The molecule has 2 aromatic carbocycles. The van der Waals surface area contributed by atoms with Gasteiger partial charge in [-0.25, -0.2) is 8.42 Å². The predicted octanol–water partition coefficient (Wildman–Crippen LogP) is 4.07. The SMILES string of the molecule is CS(=O)(=O)c1ccc(-c2nnc(NCc3cccc(OC4CCCC4)c3)o2)cc1. The topological polar surface area (TPSA) is 94.3 Å². The van der Waals surface area contributed by atoms with Crippen LogP contribution in [0.4, 0.5) is 6.01 Å². The highest BCUT2D eigenvalue weighted by molar-refractivity contribution is 7.90. The van der Waals surface area contributed by atoms with Gasteiger partial charge in [0.1, 0.15) is 5.75 Å². The quantitative estimate of drug-likeness (QED) is 0.624. The third-order valence-corrected chi connectivity index (χ3v) is 6.03. The van der Waals surface area contributed by atoms with E-state index in [0.717, 1.165) is 24.2 Å². The summed E-state index contributed by atoms with van der Waals surface area (Å²) in [7, 11) is -3.24. The van der Waals surface area contributed by atoms with E-state index in [2.05, 4.69) is 15.5 Å². The number of sulfone groups is 1. The van der Waals surface area contributed by atoms with Crippen LogP contribution in [0.1, 0.15) is 31.2 Å². The van der Waals surface area contributed by atoms with E-state index in [1.54, 1.807) is 12.1 Å². The minimum atomic E-state index is -3.24. The zero-order valence-electron chi connectivity index (χ0n) is 16.2. The number of nitrogens with one attached hydrogen (secondary N) is 1. The Bertz CT molecular complexity index is 1070. The molecule has 1 saturated carbocycles. The van der Waals surface area contributed by atoms with Crippen LogP contribution in [0.25, 0.3) is 11.5 Å². The molecule has 152 valence electrons. The maximum atomic E-state index is 11.6. The summed E-state index contributed by atoms with van der Waals surface area (Å²) >= 11 is 0. The summed E-state index contributed by atoms with van der Waals surface area (Å²) < 4.78 is 34.8. The molecule has 1 aliphatic carbocycles. The van der Waals surface area contributed by atoms with Gasteiger partial charge in [-0.1, -0.05) is 17.2 Å². The molecule has 0 spiro atoms. The lowest BCUT2D eigenvalue weighted by molar-refractivity contribution is 0.210. The molecule has 8 heteroatoms. The van der Waals surface area contributed by atoms with Crippen LogP contribution in [0.5, 0.6) is 5.75 Å². The number of ether oxygens (including phenoxy) is 1. The summed E-state index contributed by atoms with van der Waals surface area (Å²) in [4.78, 5) is 0.249. The van der Waals surface area contributed by atoms with Gasteiger partial charge in [-0.05, 0) is 67.6 Å². The van der Waals surface area contributed by atoms with Crippen LogP contribution in [0.15, 0.2) is 57.8 Å². The second-order valence-corrected chi connectivity index (χ2v) is 9.25. The molecule has 0 atom stereocenters. The van der Waals surface area contributed by atoms with Crippen LogP contribution in [0.3, 0.4) is 0 Å². The molecular weight excluding hydrogens is 390 g/mol. The number of anilines is 1. The molecule has 0 saturated heterocycles. The van der Waals surface area contributed by atoms with Gasteiger partial charge in [0.05, 0.1) is 11.0 Å². The number of benzene rings is 2. The largest absolute Gasteiger partial charge is 0.490 e. The standard InChI is InChI=1S/C21H23N3O4S/c1-29(25,26)19-11-9-16(10-12-19)20-23-24-21(28-20)22-14-15-5-4-8-18(13-15)27-17-6-2-3-7-17/h4-5,8-13,17H,2-3,6-7,14H2,1H3,(H,22,24). The third kappa shape index (κ3) is 4.95. The van der Waals surface area contributed by atoms with E-state index >= 15 is 0 Å². The maximum absolute atomic E-state index is 11.6. The molecule has 4 rings (SSSR count). The van der Waals surface area contributed by atoms with Crippen molar-refractivity contribution in [1.82, 2.24) is 10.2 Å². The Morgan fingerprint density at radius 3 is 2.59 bits per heavy atom. The number of hydrogen-bond donors (Lipinski definition) is 1. The second-order valence-electron chi connectivity index (χ2n) is 7.23. The Balaban J connectivity index is 1.38. The van der Waals surface area contributed by atoms with Crippen molar-refractivity contribution < 1.29 is 17.6 Å². The predicted molar refractivity (Wildman–Crippen MR) is 109 cm³/mol. The molecule has 0 radical (unpaired) electrons. The maximum Gasteiger partial charge on any atom is 0.316 e. The molecule has 1 N–H and O–H groups in total. The van der Waals surface area contributed by atoms with Gasteiger partial charge < -0.3 is 14.5 Å². The van der Waals surface area contributed by atoms with Gasteiger partial charge in [-0.2, -0.15) is 0 Å². The fraction of sp³-hybridized carbons (Fsp3) is 0.333. The van der Waals surface area contributed by atoms with Crippen LogP contribution in [-0.4, -0.2) is 31.0 Å². The van der Waals surface area contributed by atoms with Crippen molar-refractivity contribution in [3.63, 3.8) is 0 Å². The summed E-state index contributed by atoms with van der Waals surface area (Å²) in [5.74, 6) is 1.21. The molecule has 29 heavy (non-hydrogen) atoms. The zero-order chi connectivity index (χ0) is 20.3. The van der Waals surface area contributed by atoms with Gasteiger partial charge in [-0.15, -0.1) is 5.10 Å². The Labute approximate surface area is 170 Å². The molecule has 0 amide bonds. The van der Waals surface area contributed by atoms with E-state index in [1.165, 1.54) is 31.2 Å². The third-order valence-electron chi connectivity index (χ3n) is 4.90. The van der Waals surface area contributed by atoms with Crippen LogP contribution >= 0.6 is 0 Å². The number of hydrogen-bond acceptors (Lipinski definition) is 7. The van der Waals surface area contributed by atoms with Crippen molar-refractivity contribution in [3.05, 3.63) is 54.1 Å². The summed E-state index contributed by atoms with van der Waals surface area (Å²) in [6.45, 7) is 0.524. The first-order valence-corrected chi connectivity index (χ1v) is 11.5. The van der Waals surface area contributed by atoms with E-state index in [-0.39, 0.29) is 4.90 Å². The fourth-order valence-electron chi connectivity index (χ4n) is 3.36. The highest BCUT2D eigenvalue weighted by Gasteiger charge is 2.16. The van der Waals surface area contributed by atoms with Crippen LogP contribution in [0, 0.1) is 0 Å². The Kier molecular flexibility index (Phi) is 5.53. The van der Waals surface area contributed by atoms with Crippen LogP contribution in [-0.2, 0) is 16.4 Å². The van der Waals surface area contributed by atoms with Gasteiger partial charge >= 0.3 is 6.01 Å². The minimum Gasteiger partial charge on any atom is -0.490 e. The van der Waals surface area contributed by atoms with Crippen molar-refractivity contribution >= 4 is 15.9 Å². The fourth-order valence-corrected chi connectivity index (χ4v) is 3.99. The first kappa shape index (κ1) is 19.4. The minimum absolute atomic E-state index is 0.249. The molecule has 1 aromatic heterocycles. The number of nitrogens with zero attached hydrogens (tertiary/aromatic N) is 2. The van der Waals surface area contributed by atoms with Crippen LogP contribution < -0.4 is 10.1 Å². The highest BCUT2D eigenvalue weighted by atomic mass is 32.2. The van der Waals surface area contributed by atoms with Crippen LogP contribution in [0.2, 0.25) is 0 Å². The monoisotopic (exact) mass is 413 g/mol. The summed E-state index contributed by atoms with van der Waals surface area (Å²) in [5, 5.41) is 11.1. The molecule has 0 unspecified atom stereocenters. The molecule has 1 aliphatic rings. The zero-order valence-corrected chi connectivity index (χ0v) is 17.0. The molecule has 1 heterocycles. The second kappa shape index (κ2) is 8.24. The summed E-state index contributed by atoms with van der Waals surface area (Å²) in [5.41, 5.74) is 1.71. The first-order chi connectivity index (χ1) is 14.0. The van der Waals surface area contributed by atoms with Crippen molar-refractivity contribution in [3.8, 4) is 17.2 Å². The first-order valence-electron chi connectivity index (χ1n) is 9.61. The van der Waals surface area contributed by atoms with Crippen molar-refractivity contribution in [2.45, 2.75) is 43.2 Å². The lowest BCUT2D eigenvalue weighted by Gasteiger charge is -2.13. The lowest BCUT2D eigenvalue weighted by Crippen LogP contribution is -2.11. The summed E-state index contributed by atoms with van der Waals surface area (Å²) in [6.07, 6.45) is 6.22. The Morgan fingerprint density at radius 1 is 1.10 bits per heavy atom. The Morgan fingerprint density at radius 2 is 1.86 bits per heavy atom. The molecule has 0 aliphatic heterocycles. The number of rotatable bonds is 7. The smallest absolute Gasteiger partial charge is 0.316 e. The average molecular weight is 413 g/mol. The average Bonchev–Trinajstić information content (AvgIpc) is 3.38. The van der Waals surface area contributed by atoms with Crippen molar-refractivity contribution in [1.29, 1.82) is 0 Å². The molecule has 7 nitrogen and oxygen atoms in total. The lowest BCUT2D eigenvalue weighted by atomic mass is 10.2. The van der Waals surface area contributed by atoms with Crippen molar-refractivity contribution in [2.75, 3.05) is 11.6 Å². The molecule has 3 aromatic rings. The van der Waals surface area contributed by atoms with E-state index in [0.29, 0.717) is 30.1 Å². The Hall–Kier alpha value is -2.87. The van der Waals surface area contributed by atoms with Gasteiger partial charge in [0.15, 0.2) is 9.84 Å². The van der Waals surface area contributed by atoms with E-state index in [9.17, 15) is 8.42 Å².